The number of aryl methyl sites for hydroxylation is 1. The number of benzene rings is 1. The number of hydrogen-bond donors (Lipinski definition) is 0. The van der Waals surface area contributed by atoms with Gasteiger partial charge in [0, 0.05) is 25.9 Å². The summed E-state index contributed by atoms with van der Waals surface area (Å²) < 4.78 is 9.44. The maximum absolute atomic E-state index is 12.8. The van der Waals surface area contributed by atoms with Crippen LogP contribution in [0.3, 0.4) is 0 Å². The first-order valence-electron chi connectivity index (χ1n) is 8.78. The molecule has 0 bridgehead atoms. The first kappa shape index (κ1) is 18.4. The zero-order valence-corrected chi connectivity index (χ0v) is 15.7. The first-order chi connectivity index (χ1) is 14.0. The van der Waals surface area contributed by atoms with Crippen LogP contribution in [0.5, 0.6) is 0 Å². The molecular weight excluding hydrogens is 374 g/mol. The summed E-state index contributed by atoms with van der Waals surface area (Å²) in [6.07, 6.45) is 1.90. The molecule has 3 heterocycles. The minimum atomic E-state index is -0.971. The quantitative estimate of drug-likeness (QED) is 0.485. The number of esters is 1. The van der Waals surface area contributed by atoms with Gasteiger partial charge in [-0.2, -0.15) is 0 Å². The van der Waals surface area contributed by atoms with Crippen molar-refractivity contribution in [3.05, 3.63) is 93.2 Å². The second kappa shape index (κ2) is 7.19. The van der Waals surface area contributed by atoms with E-state index in [1.54, 1.807) is 42.5 Å². The van der Waals surface area contributed by atoms with E-state index in [1.165, 1.54) is 35.8 Å². The fourth-order valence-corrected chi connectivity index (χ4v) is 3.09. The van der Waals surface area contributed by atoms with E-state index in [4.69, 9.17) is 4.74 Å². The molecule has 0 spiro atoms. The Morgan fingerprint density at radius 1 is 0.966 bits per heavy atom. The summed E-state index contributed by atoms with van der Waals surface area (Å²) in [5.74, 6) is -0.650. The van der Waals surface area contributed by atoms with Crippen LogP contribution in [-0.2, 0) is 18.8 Å². The summed E-state index contributed by atoms with van der Waals surface area (Å²) in [6.45, 7) is 0. The Balaban J connectivity index is 1.90. The summed E-state index contributed by atoms with van der Waals surface area (Å²) in [5, 5.41) is 0. The van der Waals surface area contributed by atoms with Gasteiger partial charge in [-0.1, -0.05) is 36.4 Å². The van der Waals surface area contributed by atoms with Crippen LogP contribution < -0.4 is 11.2 Å². The van der Waals surface area contributed by atoms with Crippen molar-refractivity contribution in [2.75, 3.05) is 0 Å². The molecule has 29 heavy (non-hydrogen) atoms. The van der Waals surface area contributed by atoms with E-state index >= 15 is 0 Å². The molecule has 0 radical (unpaired) electrons. The first-order valence-corrected chi connectivity index (χ1v) is 8.78. The maximum atomic E-state index is 12.8. The molecule has 0 amide bonds. The van der Waals surface area contributed by atoms with Crippen LogP contribution in [0.4, 0.5) is 0 Å². The predicted molar refractivity (Wildman–Crippen MR) is 104 cm³/mol. The zero-order chi connectivity index (χ0) is 20.5. The number of ether oxygens (including phenoxy) is 1. The van der Waals surface area contributed by atoms with Crippen LogP contribution in [0.15, 0.2) is 70.6 Å². The standard InChI is InChI=1S/C20H17N5O4/c1-23-16-15(17(26)24(2)20(23)28)25(12-22-16)18(13-8-4-3-5-9-13)29-19(27)14-10-6-7-11-21-14/h3-12,18H,1-2H3. The van der Waals surface area contributed by atoms with E-state index in [0.29, 0.717) is 5.56 Å². The fraction of sp³-hybridized carbons (Fsp3) is 0.150. The second-order valence-corrected chi connectivity index (χ2v) is 6.41. The number of aromatic nitrogens is 5. The number of fused-ring (bicyclic) bond motifs is 1. The third kappa shape index (κ3) is 3.12. The molecule has 0 saturated heterocycles. The zero-order valence-electron chi connectivity index (χ0n) is 15.7. The second-order valence-electron chi connectivity index (χ2n) is 6.41. The van der Waals surface area contributed by atoms with E-state index in [9.17, 15) is 14.4 Å². The summed E-state index contributed by atoms with van der Waals surface area (Å²) in [7, 11) is 2.91. The number of carbonyl (C=O) groups excluding carboxylic acids is 1. The topological polar surface area (TPSA) is 101 Å². The molecule has 0 aliphatic rings. The van der Waals surface area contributed by atoms with Gasteiger partial charge in [0.1, 0.15) is 12.0 Å². The summed E-state index contributed by atoms with van der Waals surface area (Å²) in [4.78, 5) is 45.9. The number of pyridine rings is 1. The Kier molecular flexibility index (Phi) is 4.55. The monoisotopic (exact) mass is 391 g/mol. The average Bonchev–Trinajstić information content (AvgIpc) is 3.20. The van der Waals surface area contributed by atoms with Crippen molar-refractivity contribution in [1.82, 2.24) is 23.7 Å². The van der Waals surface area contributed by atoms with Gasteiger partial charge in [-0.3, -0.25) is 18.5 Å². The van der Waals surface area contributed by atoms with Crippen LogP contribution >= 0.6 is 0 Å². The van der Waals surface area contributed by atoms with E-state index in [-0.39, 0.29) is 16.9 Å². The number of carbonyl (C=O) groups is 1. The molecular formula is C20H17N5O4. The Morgan fingerprint density at radius 3 is 2.38 bits per heavy atom. The lowest BCUT2D eigenvalue weighted by atomic mass is 10.2. The van der Waals surface area contributed by atoms with Crippen LogP contribution in [0.2, 0.25) is 0 Å². The smallest absolute Gasteiger partial charge is 0.359 e. The molecule has 9 nitrogen and oxygen atoms in total. The van der Waals surface area contributed by atoms with Gasteiger partial charge in [-0.25, -0.2) is 19.6 Å². The van der Waals surface area contributed by atoms with Gasteiger partial charge in [0.05, 0.1) is 0 Å². The molecule has 9 heteroatoms. The predicted octanol–water partition coefficient (Wildman–Crippen LogP) is 1.23. The van der Waals surface area contributed by atoms with Crippen molar-refractivity contribution in [1.29, 1.82) is 0 Å². The lowest BCUT2D eigenvalue weighted by Crippen LogP contribution is -2.38. The van der Waals surface area contributed by atoms with E-state index in [0.717, 1.165) is 4.57 Å². The third-order valence-electron chi connectivity index (χ3n) is 4.60. The Hall–Kier alpha value is -4.01. The number of rotatable bonds is 4. The van der Waals surface area contributed by atoms with Crippen molar-refractivity contribution < 1.29 is 9.53 Å². The molecule has 3 aromatic heterocycles. The minimum Gasteiger partial charge on any atom is -0.432 e. The molecule has 0 saturated carbocycles. The van der Waals surface area contributed by atoms with Crippen molar-refractivity contribution >= 4 is 17.1 Å². The van der Waals surface area contributed by atoms with Gasteiger partial charge in [0.2, 0.25) is 6.23 Å². The van der Waals surface area contributed by atoms with Crippen LogP contribution in [0.1, 0.15) is 22.3 Å². The summed E-state index contributed by atoms with van der Waals surface area (Å²) >= 11 is 0. The van der Waals surface area contributed by atoms with Crippen LogP contribution in [-0.4, -0.2) is 29.6 Å². The normalized spacial score (nSPS) is 12.1. The highest BCUT2D eigenvalue weighted by Crippen LogP contribution is 2.24. The number of nitrogens with zero attached hydrogens (tertiary/aromatic N) is 5. The van der Waals surface area contributed by atoms with Gasteiger partial charge < -0.3 is 4.74 Å². The van der Waals surface area contributed by atoms with E-state index in [2.05, 4.69) is 9.97 Å². The molecule has 0 fully saturated rings. The molecule has 0 N–H and O–H groups in total. The lowest BCUT2D eigenvalue weighted by molar-refractivity contribution is 0.0225. The Bertz CT molecular complexity index is 1310. The number of hydrogen-bond acceptors (Lipinski definition) is 6. The van der Waals surface area contributed by atoms with Gasteiger partial charge in [0.25, 0.3) is 5.56 Å². The van der Waals surface area contributed by atoms with Gasteiger partial charge >= 0.3 is 11.7 Å². The van der Waals surface area contributed by atoms with Crippen LogP contribution in [0, 0.1) is 0 Å². The average molecular weight is 391 g/mol. The summed E-state index contributed by atoms with van der Waals surface area (Å²) in [6, 6.07) is 13.9. The maximum Gasteiger partial charge on any atom is 0.359 e. The van der Waals surface area contributed by atoms with Gasteiger partial charge in [-0.15, -0.1) is 0 Å². The molecule has 4 rings (SSSR count). The van der Waals surface area contributed by atoms with Crippen LogP contribution in [0.25, 0.3) is 11.2 Å². The van der Waals surface area contributed by atoms with Gasteiger partial charge in [0.15, 0.2) is 11.2 Å². The van der Waals surface area contributed by atoms with Gasteiger partial charge in [-0.05, 0) is 12.1 Å². The molecule has 4 aromatic rings. The largest absolute Gasteiger partial charge is 0.432 e. The highest BCUT2D eigenvalue weighted by Gasteiger charge is 2.25. The van der Waals surface area contributed by atoms with E-state index < -0.39 is 23.4 Å². The van der Waals surface area contributed by atoms with E-state index in [1.807, 2.05) is 6.07 Å². The summed E-state index contributed by atoms with van der Waals surface area (Å²) in [5.41, 5.74) is 0.0974. The minimum absolute atomic E-state index is 0.137. The Morgan fingerprint density at radius 2 is 1.69 bits per heavy atom. The molecule has 1 aromatic carbocycles. The van der Waals surface area contributed by atoms with Crippen molar-refractivity contribution in [3.63, 3.8) is 0 Å². The molecule has 1 unspecified atom stereocenters. The molecule has 146 valence electrons. The molecule has 0 aliphatic carbocycles. The highest BCUT2D eigenvalue weighted by atomic mass is 16.6. The SMILES string of the molecule is Cn1c(=O)c2c(ncn2C(OC(=O)c2ccccn2)c2ccccc2)n(C)c1=O. The molecule has 0 aliphatic heterocycles. The third-order valence-corrected chi connectivity index (χ3v) is 4.60. The van der Waals surface area contributed by atoms with Crippen molar-refractivity contribution in [2.45, 2.75) is 6.23 Å². The highest BCUT2D eigenvalue weighted by molar-refractivity contribution is 5.87. The van der Waals surface area contributed by atoms with Crippen molar-refractivity contribution in [3.8, 4) is 0 Å². The lowest BCUT2D eigenvalue weighted by Gasteiger charge is -2.20. The fourth-order valence-electron chi connectivity index (χ4n) is 3.09. The Labute approximate surface area is 164 Å². The molecule has 1 atom stereocenters. The number of imidazole rings is 1. The van der Waals surface area contributed by atoms with Crippen molar-refractivity contribution in [2.24, 2.45) is 14.1 Å².